The average Bonchev–Trinajstić information content (AvgIpc) is 3.46. The van der Waals surface area contributed by atoms with Crippen LogP contribution < -0.4 is 0 Å². The second-order valence-electron chi connectivity index (χ2n) is 11.4. The smallest absolute Gasteiger partial charge is 0.238 e. The van der Waals surface area contributed by atoms with Crippen molar-refractivity contribution in [2.45, 2.75) is 26.2 Å². The molecule has 7 aromatic rings. The van der Waals surface area contributed by atoms with E-state index in [4.69, 9.17) is 15.0 Å². The van der Waals surface area contributed by atoms with E-state index in [1.807, 2.05) is 36.4 Å². The van der Waals surface area contributed by atoms with Crippen LogP contribution in [0.1, 0.15) is 30.5 Å². The molecule has 0 bridgehead atoms. The van der Waals surface area contributed by atoms with Gasteiger partial charge in [0, 0.05) is 27.3 Å². The topological polar surface area (TPSA) is 43.6 Å². The zero-order chi connectivity index (χ0) is 27.7. The summed E-state index contributed by atoms with van der Waals surface area (Å²) < 4.78 is 2.22. The largest absolute Gasteiger partial charge is 0.278 e. The molecule has 0 saturated carbocycles. The highest BCUT2D eigenvalue weighted by atomic mass is 15.2. The Bertz CT molecular complexity index is 2070. The number of hydrogen-bond donors (Lipinski definition) is 0. The molecule has 0 N–H and O–H groups in total. The Kier molecular flexibility index (Phi) is 5.05. The van der Waals surface area contributed by atoms with Gasteiger partial charge < -0.3 is 0 Å². The predicted molar refractivity (Wildman–Crippen MR) is 167 cm³/mol. The fraction of sp³-hybridized carbons (Fsp3) is 0.108. The molecule has 0 radical (unpaired) electrons. The van der Waals surface area contributed by atoms with Gasteiger partial charge in [0.15, 0.2) is 11.6 Å². The first-order valence-electron chi connectivity index (χ1n) is 14.1. The average molecular weight is 529 g/mol. The SMILES string of the molecule is Cc1cccc2c1-c1cc3c4ccccc4n(-c4nc(-c5ccccc5)nc(-c5ccccc5)n4)c3cc1C2(C)C. The van der Waals surface area contributed by atoms with Gasteiger partial charge in [-0.15, -0.1) is 0 Å². The van der Waals surface area contributed by atoms with Gasteiger partial charge in [0.2, 0.25) is 5.95 Å². The van der Waals surface area contributed by atoms with Crippen molar-refractivity contribution >= 4 is 21.8 Å². The van der Waals surface area contributed by atoms with Gasteiger partial charge in [-0.3, -0.25) is 4.57 Å². The number of aryl methyl sites for hydroxylation is 1. The van der Waals surface area contributed by atoms with E-state index in [-0.39, 0.29) is 5.41 Å². The summed E-state index contributed by atoms with van der Waals surface area (Å²) in [4.78, 5) is 15.1. The van der Waals surface area contributed by atoms with Crippen molar-refractivity contribution < 1.29 is 0 Å². The standard InChI is InChI=1S/C37H28N4/c1-23-13-12-19-29-33(23)28-21-27-26-18-10-11-20-31(26)41(32(27)22-30(28)37(29,2)3)36-39-34(24-14-6-4-7-15-24)38-35(40-36)25-16-8-5-9-17-25/h4-22H,1-3H3. The summed E-state index contributed by atoms with van der Waals surface area (Å²) in [5.41, 5.74) is 10.7. The maximum atomic E-state index is 5.10. The molecule has 0 saturated heterocycles. The maximum Gasteiger partial charge on any atom is 0.238 e. The quantitative estimate of drug-likeness (QED) is 0.230. The lowest BCUT2D eigenvalue weighted by Crippen LogP contribution is -2.15. The highest BCUT2D eigenvalue weighted by Gasteiger charge is 2.37. The normalized spacial score (nSPS) is 13.4. The molecule has 8 rings (SSSR count). The van der Waals surface area contributed by atoms with E-state index in [0.717, 1.165) is 22.2 Å². The number of aromatic nitrogens is 4. The monoisotopic (exact) mass is 528 g/mol. The van der Waals surface area contributed by atoms with Crippen molar-refractivity contribution in [2.24, 2.45) is 0 Å². The van der Waals surface area contributed by atoms with Gasteiger partial charge in [0.25, 0.3) is 0 Å². The molecule has 41 heavy (non-hydrogen) atoms. The summed E-state index contributed by atoms with van der Waals surface area (Å²) in [6, 6.07) is 40.3. The summed E-state index contributed by atoms with van der Waals surface area (Å²) in [6.07, 6.45) is 0. The minimum Gasteiger partial charge on any atom is -0.278 e. The van der Waals surface area contributed by atoms with Crippen molar-refractivity contribution in [2.75, 3.05) is 0 Å². The van der Waals surface area contributed by atoms with Gasteiger partial charge in [-0.2, -0.15) is 9.97 Å². The van der Waals surface area contributed by atoms with Crippen LogP contribution in [-0.4, -0.2) is 19.5 Å². The van der Waals surface area contributed by atoms with E-state index in [0.29, 0.717) is 17.6 Å². The molecule has 2 heterocycles. The summed E-state index contributed by atoms with van der Waals surface area (Å²) in [7, 11) is 0. The predicted octanol–water partition coefficient (Wildman–Crippen LogP) is 8.92. The van der Waals surface area contributed by atoms with E-state index < -0.39 is 0 Å². The number of benzene rings is 5. The Morgan fingerprint density at radius 1 is 0.561 bits per heavy atom. The number of para-hydroxylation sites is 1. The van der Waals surface area contributed by atoms with Crippen LogP contribution in [0.2, 0.25) is 0 Å². The Morgan fingerprint density at radius 2 is 1.20 bits per heavy atom. The third-order valence-electron chi connectivity index (χ3n) is 8.59. The van der Waals surface area contributed by atoms with Gasteiger partial charge in [-0.25, -0.2) is 4.98 Å². The molecule has 4 nitrogen and oxygen atoms in total. The van der Waals surface area contributed by atoms with Crippen LogP contribution in [-0.2, 0) is 5.41 Å². The van der Waals surface area contributed by atoms with Crippen LogP contribution in [0.15, 0.2) is 115 Å². The van der Waals surface area contributed by atoms with Crippen molar-refractivity contribution in [1.29, 1.82) is 0 Å². The zero-order valence-electron chi connectivity index (χ0n) is 23.3. The molecule has 0 spiro atoms. The molecule has 196 valence electrons. The second kappa shape index (κ2) is 8.70. The third kappa shape index (κ3) is 3.50. The van der Waals surface area contributed by atoms with E-state index in [1.165, 1.54) is 38.6 Å². The number of rotatable bonds is 3. The molecule has 0 unspecified atom stereocenters. The highest BCUT2D eigenvalue weighted by molar-refractivity contribution is 6.11. The lowest BCUT2D eigenvalue weighted by molar-refractivity contribution is 0.660. The Hall–Kier alpha value is -5.09. The van der Waals surface area contributed by atoms with Crippen molar-refractivity contribution in [3.05, 3.63) is 132 Å². The molecule has 0 aliphatic heterocycles. The van der Waals surface area contributed by atoms with Crippen molar-refractivity contribution in [3.8, 4) is 39.9 Å². The molecule has 5 aromatic carbocycles. The van der Waals surface area contributed by atoms with Gasteiger partial charge in [-0.05, 0) is 52.9 Å². The third-order valence-corrected chi connectivity index (χ3v) is 8.59. The van der Waals surface area contributed by atoms with Gasteiger partial charge in [-0.1, -0.05) is 111 Å². The fourth-order valence-electron chi connectivity index (χ4n) is 6.54. The molecular weight excluding hydrogens is 500 g/mol. The molecule has 0 atom stereocenters. The lowest BCUT2D eigenvalue weighted by atomic mass is 9.82. The van der Waals surface area contributed by atoms with Gasteiger partial charge in [0.05, 0.1) is 11.0 Å². The van der Waals surface area contributed by atoms with E-state index in [9.17, 15) is 0 Å². The molecule has 1 aliphatic rings. The molecule has 1 aliphatic carbocycles. The van der Waals surface area contributed by atoms with Crippen LogP contribution in [0.5, 0.6) is 0 Å². The lowest BCUT2D eigenvalue weighted by Gasteiger charge is -2.21. The molecule has 0 amide bonds. The van der Waals surface area contributed by atoms with Crippen LogP contribution in [0, 0.1) is 6.92 Å². The molecule has 2 aromatic heterocycles. The highest BCUT2D eigenvalue weighted by Crippen LogP contribution is 2.52. The first kappa shape index (κ1) is 23.8. The van der Waals surface area contributed by atoms with Crippen molar-refractivity contribution in [1.82, 2.24) is 19.5 Å². The van der Waals surface area contributed by atoms with E-state index in [2.05, 4.69) is 104 Å². The van der Waals surface area contributed by atoms with Crippen LogP contribution >= 0.6 is 0 Å². The first-order valence-corrected chi connectivity index (χ1v) is 14.1. The Balaban J connectivity index is 1.47. The fourth-order valence-corrected chi connectivity index (χ4v) is 6.54. The number of fused-ring (bicyclic) bond motifs is 6. The summed E-state index contributed by atoms with van der Waals surface area (Å²) in [6.45, 7) is 6.89. The number of nitrogens with zero attached hydrogens (tertiary/aromatic N) is 4. The Morgan fingerprint density at radius 3 is 1.88 bits per heavy atom. The van der Waals surface area contributed by atoms with Crippen molar-refractivity contribution in [3.63, 3.8) is 0 Å². The summed E-state index contributed by atoms with van der Waals surface area (Å²) >= 11 is 0. The minimum atomic E-state index is -0.115. The summed E-state index contributed by atoms with van der Waals surface area (Å²) in [5, 5.41) is 2.39. The minimum absolute atomic E-state index is 0.115. The molecule has 4 heteroatoms. The maximum absolute atomic E-state index is 5.10. The zero-order valence-corrected chi connectivity index (χ0v) is 23.3. The number of hydrogen-bond acceptors (Lipinski definition) is 3. The molecule has 0 fully saturated rings. The van der Waals surface area contributed by atoms with Gasteiger partial charge >= 0.3 is 0 Å². The summed E-state index contributed by atoms with van der Waals surface area (Å²) in [5.74, 6) is 1.93. The van der Waals surface area contributed by atoms with E-state index in [1.54, 1.807) is 0 Å². The second-order valence-corrected chi connectivity index (χ2v) is 11.4. The molecular formula is C37H28N4. The van der Waals surface area contributed by atoms with Crippen LogP contribution in [0.25, 0.3) is 61.7 Å². The van der Waals surface area contributed by atoms with Gasteiger partial charge in [0.1, 0.15) is 0 Å². The van der Waals surface area contributed by atoms with Crippen LogP contribution in [0.4, 0.5) is 0 Å². The van der Waals surface area contributed by atoms with E-state index >= 15 is 0 Å². The Labute approximate surface area is 239 Å². The van der Waals surface area contributed by atoms with Crippen LogP contribution in [0.3, 0.4) is 0 Å². The first-order chi connectivity index (χ1) is 20.0.